The van der Waals surface area contributed by atoms with Gasteiger partial charge in [0, 0.05) is 6.42 Å². The largest absolute Gasteiger partial charge is 0.490 e. The van der Waals surface area contributed by atoms with E-state index < -0.39 is 31.1 Å². The zero-order chi connectivity index (χ0) is 10.6. The zero-order valence-electron chi connectivity index (χ0n) is 6.57. The first-order valence-corrected chi connectivity index (χ1v) is 3.29. The van der Waals surface area contributed by atoms with Gasteiger partial charge in [0.25, 0.3) is 0 Å². The summed E-state index contributed by atoms with van der Waals surface area (Å²) in [6.45, 7) is 0.968. The van der Waals surface area contributed by atoms with Crippen LogP contribution in [0.15, 0.2) is 0 Å². The maximum Gasteiger partial charge on any atom is 0.490 e. The summed E-state index contributed by atoms with van der Waals surface area (Å²) in [5.41, 5.74) is 0. The zero-order valence-corrected chi connectivity index (χ0v) is 6.57. The molecule has 13 heavy (non-hydrogen) atoms. The molecule has 0 saturated carbocycles. The molecule has 0 bridgehead atoms. The van der Waals surface area contributed by atoms with E-state index >= 15 is 0 Å². The Balaban J connectivity index is 3.93. The molecule has 0 rings (SSSR count). The lowest BCUT2D eigenvalue weighted by Gasteiger charge is -2.13. The van der Waals surface area contributed by atoms with Crippen LogP contribution in [0.25, 0.3) is 0 Å². The Hall–Kier alpha value is -0.880. The van der Waals surface area contributed by atoms with Crippen LogP contribution in [0.2, 0.25) is 0 Å². The van der Waals surface area contributed by atoms with Crippen molar-refractivity contribution in [1.29, 1.82) is 0 Å². The van der Waals surface area contributed by atoms with Crippen molar-refractivity contribution >= 4 is 5.97 Å². The molecule has 1 atom stereocenters. The highest BCUT2D eigenvalue weighted by Gasteiger charge is 2.41. The fraction of sp³-hybridized carbons (Fsp3) is 0.833. The van der Waals surface area contributed by atoms with E-state index in [4.69, 9.17) is 0 Å². The Labute approximate surface area is 70.7 Å². The van der Waals surface area contributed by atoms with Gasteiger partial charge in [0.1, 0.15) is 6.10 Å². The van der Waals surface area contributed by atoms with E-state index in [1.165, 1.54) is 0 Å². The van der Waals surface area contributed by atoms with Crippen molar-refractivity contribution in [3.63, 3.8) is 0 Å². The minimum absolute atomic E-state index is 0.901. The molecule has 0 N–H and O–H groups in total. The minimum Gasteiger partial charge on any atom is -0.456 e. The topological polar surface area (TPSA) is 26.3 Å². The standard InChI is InChI=1S/C6H7F5O2/c1-3(2-4(7)8)13-5(12)6(9,10)11/h3-4H,2H2,1H3/t3-/m0/s1. The van der Waals surface area contributed by atoms with Gasteiger partial charge in [-0.25, -0.2) is 13.6 Å². The Morgan fingerprint density at radius 3 is 2.15 bits per heavy atom. The van der Waals surface area contributed by atoms with Crippen LogP contribution in [0.1, 0.15) is 13.3 Å². The fourth-order valence-electron chi connectivity index (χ4n) is 0.549. The average molecular weight is 206 g/mol. The molecule has 0 aliphatic heterocycles. The lowest BCUT2D eigenvalue weighted by molar-refractivity contribution is -0.205. The van der Waals surface area contributed by atoms with E-state index in [2.05, 4.69) is 4.74 Å². The summed E-state index contributed by atoms with van der Waals surface area (Å²) >= 11 is 0. The number of carbonyl (C=O) groups excluding carboxylic acids is 1. The van der Waals surface area contributed by atoms with Crippen LogP contribution >= 0.6 is 0 Å². The Morgan fingerprint density at radius 2 is 1.85 bits per heavy atom. The summed E-state index contributed by atoms with van der Waals surface area (Å²) < 4.78 is 61.3. The van der Waals surface area contributed by atoms with Crippen molar-refractivity contribution in [2.45, 2.75) is 32.1 Å². The number of alkyl halides is 5. The highest BCUT2D eigenvalue weighted by Crippen LogP contribution is 2.18. The average Bonchev–Trinajstić information content (AvgIpc) is 1.82. The number of hydrogen-bond acceptors (Lipinski definition) is 2. The quantitative estimate of drug-likeness (QED) is 0.522. The van der Waals surface area contributed by atoms with E-state index in [0.717, 1.165) is 6.92 Å². The molecule has 0 spiro atoms. The van der Waals surface area contributed by atoms with Gasteiger partial charge >= 0.3 is 12.1 Å². The van der Waals surface area contributed by atoms with Gasteiger partial charge in [0.05, 0.1) is 0 Å². The van der Waals surface area contributed by atoms with Gasteiger partial charge in [-0.2, -0.15) is 13.2 Å². The predicted octanol–water partition coefficient (Wildman–Crippen LogP) is 2.14. The second-order valence-electron chi connectivity index (χ2n) is 2.34. The molecule has 78 valence electrons. The van der Waals surface area contributed by atoms with Crippen molar-refractivity contribution < 1.29 is 31.5 Å². The van der Waals surface area contributed by atoms with E-state index in [9.17, 15) is 26.7 Å². The van der Waals surface area contributed by atoms with Crippen LogP contribution < -0.4 is 0 Å². The maximum atomic E-state index is 11.6. The van der Waals surface area contributed by atoms with Crippen LogP contribution in [0.5, 0.6) is 0 Å². The second-order valence-corrected chi connectivity index (χ2v) is 2.34. The van der Waals surface area contributed by atoms with Crippen molar-refractivity contribution in [3.05, 3.63) is 0 Å². The van der Waals surface area contributed by atoms with E-state index in [0.29, 0.717) is 0 Å². The molecule has 0 heterocycles. The van der Waals surface area contributed by atoms with Gasteiger partial charge in [0.15, 0.2) is 0 Å². The summed E-state index contributed by atoms with van der Waals surface area (Å²) in [7, 11) is 0. The summed E-state index contributed by atoms with van der Waals surface area (Å²) in [5, 5.41) is 0. The van der Waals surface area contributed by atoms with Crippen molar-refractivity contribution in [3.8, 4) is 0 Å². The van der Waals surface area contributed by atoms with E-state index in [1.807, 2.05) is 0 Å². The molecule has 0 aliphatic rings. The first-order chi connectivity index (χ1) is 5.73. The first-order valence-electron chi connectivity index (χ1n) is 3.29. The van der Waals surface area contributed by atoms with Crippen molar-refractivity contribution in [2.24, 2.45) is 0 Å². The number of halogens is 5. The molecule has 0 fully saturated rings. The number of carbonyl (C=O) groups is 1. The van der Waals surface area contributed by atoms with E-state index in [1.54, 1.807) is 0 Å². The Morgan fingerprint density at radius 1 is 1.38 bits per heavy atom. The first kappa shape index (κ1) is 12.1. The van der Waals surface area contributed by atoms with E-state index in [-0.39, 0.29) is 0 Å². The molecule has 2 nitrogen and oxygen atoms in total. The van der Waals surface area contributed by atoms with Gasteiger partial charge < -0.3 is 4.74 Å². The van der Waals surface area contributed by atoms with Crippen LogP contribution in [0.4, 0.5) is 22.0 Å². The molecular weight excluding hydrogens is 199 g/mol. The number of hydrogen-bond donors (Lipinski definition) is 0. The van der Waals surface area contributed by atoms with Crippen molar-refractivity contribution in [1.82, 2.24) is 0 Å². The Bertz CT molecular complexity index is 176. The molecule has 0 aromatic carbocycles. The van der Waals surface area contributed by atoms with Crippen LogP contribution in [-0.4, -0.2) is 24.7 Å². The molecule has 0 unspecified atom stereocenters. The van der Waals surface area contributed by atoms with Gasteiger partial charge in [-0.05, 0) is 6.92 Å². The predicted molar refractivity (Wildman–Crippen MR) is 32.2 cm³/mol. The summed E-state index contributed by atoms with van der Waals surface area (Å²) in [5.74, 6) is -2.44. The van der Waals surface area contributed by atoms with Gasteiger partial charge in [-0.3, -0.25) is 0 Å². The fourth-order valence-corrected chi connectivity index (χ4v) is 0.549. The smallest absolute Gasteiger partial charge is 0.456 e. The second kappa shape index (κ2) is 4.38. The number of rotatable bonds is 3. The molecule has 0 aliphatic carbocycles. The summed E-state index contributed by atoms with van der Waals surface area (Å²) in [6.07, 6.45) is -10.3. The SMILES string of the molecule is C[C@@H](CC(F)F)OC(=O)C(F)(F)F. The maximum absolute atomic E-state index is 11.6. The lowest BCUT2D eigenvalue weighted by Crippen LogP contribution is -2.29. The summed E-state index contributed by atoms with van der Waals surface area (Å²) in [4.78, 5) is 10.1. The molecule has 0 aromatic rings. The van der Waals surface area contributed by atoms with Crippen molar-refractivity contribution in [2.75, 3.05) is 0 Å². The van der Waals surface area contributed by atoms with Gasteiger partial charge in [-0.1, -0.05) is 0 Å². The highest BCUT2D eigenvalue weighted by atomic mass is 19.4. The third-order valence-corrected chi connectivity index (χ3v) is 1.05. The van der Waals surface area contributed by atoms with Crippen LogP contribution in [-0.2, 0) is 9.53 Å². The summed E-state index contributed by atoms with van der Waals surface area (Å²) in [6, 6.07) is 0. The molecule has 0 saturated heterocycles. The number of esters is 1. The monoisotopic (exact) mass is 206 g/mol. The number of ether oxygens (including phenoxy) is 1. The molecule has 0 aromatic heterocycles. The molecule has 0 radical (unpaired) electrons. The van der Waals surface area contributed by atoms with Gasteiger partial charge in [0.2, 0.25) is 6.43 Å². The normalized spacial score (nSPS) is 14.4. The molecular formula is C6H7F5O2. The highest BCUT2D eigenvalue weighted by molar-refractivity contribution is 5.75. The van der Waals surface area contributed by atoms with Crippen LogP contribution in [0.3, 0.4) is 0 Å². The minimum atomic E-state index is -5.13. The molecule has 7 heteroatoms. The third-order valence-electron chi connectivity index (χ3n) is 1.05. The lowest BCUT2D eigenvalue weighted by atomic mass is 10.3. The molecule has 0 amide bonds. The van der Waals surface area contributed by atoms with Gasteiger partial charge in [-0.15, -0.1) is 0 Å². The Kier molecular flexibility index (Phi) is 4.09. The van der Waals surface area contributed by atoms with Crippen LogP contribution in [0, 0.1) is 0 Å². The third kappa shape index (κ3) is 5.37.